The number of carbonyl (C=O) groups is 1. The van der Waals surface area contributed by atoms with Gasteiger partial charge in [-0.2, -0.15) is 0 Å². The maximum absolute atomic E-state index is 12.0. The third-order valence-corrected chi connectivity index (χ3v) is 3.72. The lowest BCUT2D eigenvalue weighted by atomic mass is 10.4. The summed E-state index contributed by atoms with van der Waals surface area (Å²) in [7, 11) is 0. The highest BCUT2D eigenvalue weighted by Gasteiger charge is 2.36. The lowest BCUT2D eigenvalue weighted by molar-refractivity contribution is -0.392. The summed E-state index contributed by atoms with van der Waals surface area (Å²) in [6, 6.07) is 2.96. The van der Waals surface area contributed by atoms with Crippen molar-refractivity contribution in [3.8, 4) is 0 Å². The average Bonchev–Trinajstić information content (AvgIpc) is 3.15. The molecule has 0 unspecified atom stereocenters. The molecule has 1 N–H and O–H groups in total. The first-order chi connectivity index (χ1) is 11.7. The first-order valence-corrected chi connectivity index (χ1v) is 8.02. The molecule has 0 fully saturated rings. The summed E-state index contributed by atoms with van der Waals surface area (Å²) in [5.74, 6) is -0.374. The minimum absolute atomic E-state index is 0.0175. The van der Waals surface area contributed by atoms with Crippen molar-refractivity contribution in [3.63, 3.8) is 0 Å². The number of aromatic nitrogens is 2. The highest BCUT2D eigenvalue weighted by atomic mass is 35.6. The zero-order chi connectivity index (χ0) is 18.6. The first kappa shape index (κ1) is 19.5. The van der Waals surface area contributed by atoms with E-state index in [0.717, 1.165) is 6.20 Å². The normalized spacial score (nSPS) is 12.8. The number of nitro groups is 1. The monoisotopic (exact) mass is 410 g/mol. The number of nitrogens with zero attached hydrogens (tertiary/aromatic N) is 3. The van der Waals surface area contributed by atoms with Gasteiger partial charge < -0.3 is 24.6 Å². The Hall–Kier alpha value is -1.81. The minimum Gasteiger partial charge on any atom is -0.459 e. The van der Waals surface area contributed by atoms with Crippen molar-refractivity contribution in [1.29, 1.82) is 0 Å². The van der Waals surface area contributed by atoms with E-state index in [0.29, 0.717) is 5.82 Å². The van der Waals surface area contributed by atoms with E-state index in [-0.39, 0.29) is 24.7 Å². The van der Waals surface area contributed by atoms with Crippen LogP contribution in [0.4, 0.5) is 5.82 Å². The van der Waals surface area contributed by atoms with Gasteiger partial charge in [0, 0.05) is 6.92 Å². The number of carbonyl (C=O) groups excluding carboxylic acids is 1. The second-order valence-corrected chi connectivity index (χ2v) is 7.18. The predicted octanol–water partition coefficient (Wildman–Crippen LogP) is 2.84. The van der Waals surface area contributed by atoms with Crippen molar-refractivity contribution in [2.75, 3.05) is 6.61 Å². The van der Waals surface area contributed by atoms with Crippen LogP contribution in [0.25, 0.3) is 0 Å². The van der Waals surface area contributed by atoms with Crippen LogP contribution in [0.3, 0.4) is 0 Å². The maximum atomic E-state index is 12.0. The van der Waals surface area contributed by atoms with Gasteiger partial charge in [-0.1, -0.05) is 34.8 Å². The molecular formula is C13H13Cl3N4O5. The highest BCUT2D eigenvalue weighted by Crippen LogP contribution is 2.31. The molecule has 0 aromatic carbocycles. The molecule has 25 heavy (non-hydrogen) atoms. The SMILES string of the molecule is Cc1ncc([N+](=O)[O-])n1CCO[C@@H](NC(=O)c1ccco1)C(Cl)(Cl)Cl. The second-order valence-electron chi connectivity index (χ2n) is 4.82. The molecule has 9 nitrogen and oxygen atoms in total. The zero-order valence-electron chi connectivity index (χ0n) is 12.8. The van der Waals surface area contributed by atoms with E-state index < -0.39 is 20.9 Å². The van der Waals surface area contributed by atoms with Gasteiger partial charge in [-0.05, 0) is 17.1 Å². The molecular weight excluding hydrogens is 399 g/mol. The van der Waals surface area contributed by atoms with Crippen molar-refractivity contribution in [2.45, 2.75) is 23.5 Å². The molecule has 2 rings (SSSR count). The van der Waals surface area contributed by atoms with Crippen molar-refractivity contribution >= 4 is 46.5 Å². The van der Waals surface area contributed by atoms with E-state index in [9.17, 15) is 14.9 Å². The standard InChI is InChI=1S/C13H13Cl3N4O5/c1-8-17-7-10(20(22)23)19(8)4-6-25-12(13(14,15)16)18-11(21)9-3-2-5-24-9/h2-3,5,7,12H,4,6H2,1H3,(H,18,21)/t12-/m1/s1. The summed E-state index contributed by atoms with van der Waals surface area (Å²) < 4.78 is 9.72. The molecule has 1 atom stereocenters. The Bertz CT molecular complexity index is 741. The average molecular weight is 412 g/mol. The Labute approximate surface area is 156 Å². The van der Waals surface area contributed by atoms with E-state index in [1.165, 1.54) is 23.0 Å². The number of rotatable bonds is 7. The largest absolute Gasteiger partial charge is 0.459 e. The number of halogens is 3. The second kappa shape index (κ2) is 8.05. The molecule has 12 heteroatoms. The molecule has 1 amide bonds. The van der Waals surface area contributed by atoms with Crippen LogP contribution in [0.5, 0.6) is 0 Å². The van der Waals surface area contributed by atoms with Gasteiger partial charge >= 0.3 is 5.82 Å². The van der Waals surface area contributed by atoms with Crippen molar-refractivity contribution in [1.82, 2.24) is 14.9 Å². The predicted molar refractivity (Wildman–Crippen MR) is 89.8 cm³/mol. The van der Waals surface area contributed by atoms with E-state index in [2.05, 4.69) is 10.3 Å². The Morgan fingerprint density at radius 2 is 2.28 bits per heavy atom. The van der Waals surface area contributed by atoms with Gasteiger partial charge in [0.15, 0.2) is 17.8 Å². The molecule has 0 aliphatic carbocycles. The number of ether oxygens (including phenoxy) is 1. The molecule has 136 valence electrons. The third kappa shape index (κ3) is 5.08. The quantitative estimate of drug-likeness (QED) is 0.324. The summed E-state index contributed by atoms with van der Waals surface area (Å²) in [6.45, 7) is 1.61. The van der Waals surface area contributed by atoms with Crippen LogP contribution < -0.4 is 5.32 Å². The Balaban J connectivity index is 2.00. The fourth-order valence-corrected chi connectivity index (χ4v) is 2.31. The summed E-state index contributed by atoms with van der Waals surface area (Å²) in [5, 5.41) is 13.3. The van der Waals surface area contributed by atoms with Gasteiger partial charge in [-0.15, -0.1) is 0 Å². The molecule has 0 bridgehead atoms. The van der Waals surface area contributed by atoms with E-state index in [1.807, 2.05) is 0 Å². The van der Waals surface area contributed by atoms with Crippen molar-refractivity contribution in [2.24, 2.45) is 0 Å². The summed E-state index contributed by atoms with van der Waals surface area (Å²) in [6.07, 6.45) is 1.17. The number of amides is 1. The lowest BCUT2D eigenvalue weighted by Gasteiger charge is -2.25. The van der Waals surface area contributed by atoms with Gasteiger partial charge in [0.1, 0.15) is 12.7 Å². The Morgan fingerprint density at radius 1 is 1.56 bits per heavy atom. The Kier molecular flexibility index (Phi) is 6.28. The molecule has 2 heterocycles. The molecule has 2 aromatic rings. The van der Waals surface area contributed by atoms with Crippen LogP contribution in [0.15, 0.2) is 29.0 Å². The van der Waals surface area contributed by atoms with Crippen LogP contribution in [-0.2, 0) is 11.3 Å². The first-order valence-electron chi connectivity index (χ1n) is 6.89. The van der Waals surface area contributed by atoms with Crippen LogP contribution >= 0.6 is 34.8 Å². The summed E-state index contributed by atoms with van der Waals surface area (Å²) in [5.41, 5.74) is 0. The number of furan rings is 1. The smallest absolute Gasteiger partial charge is 0.342 e. The fourth-order valence-electron chi connectivity index (χ4n) is 1.96. The molecule has 0 spiro atoms. The van der Waals surface area contributed by atoms with Gasteiger partial charge in [0.2, 0.25) is 3.79 Å². The van der Waals surface area contributed by atoms with Crippen LogP contribution in [0.1, 0.15) is 16.4 Å². The fraction of sp³-hybridized carbons (Fsp3) is 0.385. The lowest BCUT2D eigenvalue weighted by Crippen LogP contribution is -2.46. The third-order valence-electron chi connectivity index (χ3n) is 3.12. The number of alkyl halides is 3. The molecule has 0 saturated heterocycles. The van der Waals surface area contributed by atoms with Crippen molar-refractivity contribution in [3.05, 3.63) is 46.3 Å². The molecule has 0 radical (unpaired) electrons. The van der Waals surface area contributed by atoms with Gasteiger partial charge in [-0.3, -0.25) is 4.79 Å². The summed E-state index contributed by atoms with van der Waals surface area (Å²) in [4.78, 5) is 26.2. The minimum atomic E-state index is -1.96. The van der Waals surface area contributed by atoms with E-state index in [1.54, 1.807) is 6.92 Å². The van der Waals surface area contributed by atoms with Crippen LogP contribution in [-0.4, -0.2) is 37.0 Å². The number of nitrogens with one attached hydrogen (secondary N) is 1. The van der Waals surface area contributed by atoms with Gasteiger partial charge in [0.25, 0.3) is 5.91 Å². The molecule has 0 saturated carbocycles. The molecule has 2 aromatic heterocycles. The molecule has 0 aliphatic heterocycles. The van der Waals surface area contributed by atoms with Crippen LogP contribution in [0, 0.1) is 17.0 Å². The van der Waals surface area contributed by atoms with E-state index in [4.69, 9.17) is 44.0 Å². The topological polar surface area (TPSA) is 112 Å². The van der Waals surface area contributed by atoms with Crippen molar-refractivity contribution < 1.29 is 18.9 Å². The van der Waals surface area contributed by atoms with E-state index >= 15 is 0 Å². The summed E-state index contributed by atoms with van der Waals surface area (Å²) >= 11 is 17.4. The Morgan fingerprint density at radius 3 is 2.84 bits per heavy atom. The highest BCUT2D eigenvalue weighted by molar-refractivity contribution is 6.68. The number of aryl methyl sites for hydroxylation is 1. The van der Waals surface area contributed by atoms with Crippen LogP contribution in [0.2, 0.25) is 0 Å². The number of imidazole rings is 1. The number of hydrogen-bond acceptors (Lipinski definition) is 6. The van der Waals surface area contributed by atoms with Gasteiger partial charge in [0.05, 0.1) is 12.9 Å². The number of hydrogen-bond donors (Lipinski definition) is 1. The zero-order valence-corrected chi connectivity index (χ0v) is 15.1. The maximum Gasteiger partial charge on any atom is 0.342 e. The van der Waals surface area contributed by atoms with Gasteiger partial charge in [-0.25, -0.2) is 9.55 Å². The molecule has 0 aliphatic rings.